The SMILES string of the molecule is CCOC1CC(N)C1Nc1ncccc1Br. The van der Waals surface area contributed by atoms with Gasteiger partial charge < -0.3 is 15.8 Å². The van der Waals surface area contributed by atoms with Gasteiger partial charge >= 0.3 is 0 Å². The summed E-state index contributed by atoms with van der Waals surface area (Å²) in [6.07, 6.45) is 2.87. The minimum Gasteiger partial charge on any atom is -0.376 e. The Morgan fingerprint density at radius 1 is 1.69 bits per heavy atom. The first kappa shape index (κ1) is 11.8. The van der Waals surface area contributed by atoms with Gasteiger partial charge in [-0.15, -0.1) is 0 Å². The van der Waals surface area contributed by atoms with E-state index in [1.54, 1.807) is 6.20 Å². The largest absolute Gasteiger partial charge is 0.376 e. The van der Waals surface area contributed by atoms with Gasteiger partial charge in [-0.25, -0.2) is 4.98 Å². The van der Waals surface area contributed by atoms with Crippen LogP contribution >= 0.6 is 15.9 Å². The number of anilines is 1. The first-order valence-corrected chi connectivity index (χ1v) is 6.26. The van der Waals surface area contributed by atoms with Crippen molar-refractivity contribution in [3.8, 4) is 0 Å². The third kappa shape index (κ3) is 2.36. The Kier molecular flexibility index (Phi) is 3.78. The predicted molar refractivity (Wildman–Crippen MR) is 67.4 cm³/mol. The number of hydrogen-bond donors (Lipinski definition) is 2. The standard InChI is InChI=1S/C11H16BrN3O/c1-2-16-9-6-8(13)10(9)15-11-7(12)4-3-5-14-11/h3-5,8-10H,2,6,13H2,1H3,(H,14,15). The van der Waals surface area contributed by atoms with Gasteiger partial charge in [-0.3, -0.25) is 0 Å². The van der Waals surface area contributed by atoms with Gasteiger partial charge in [0.1, 0.15) is 5.82 Å². The van der Waals surface area contributed by atoms with Gasteiger partial charge in [0.25, 0.3) is 0 Å². The van der Waals surface area contributed by atoms with Crippen LogP contribution in [0.3, 0.4) is 0 Å². The van der Waals surface area contributed by atoms with E-state index in [0.29, 0.717) is 0 Å². The molecule has 0 aliphatic heterocycles. The maximum Gasteiger partial charge on any atom is 0.140 e. The molecule has 1 aliphatic carbocycles. The van der Waals surface area contributed by atoms with E-state index in [-0.39, 0.29) is 18.2 Å². The van der Waals surface area contributed by atoms with Gasteiger partial charge in [0.2, 0.25) is 0 Å². The average Bonchev–Trinajstić information content (AvgIpc) is 2.28. The van der Waals surface area contributed by atoms with E-state index in [9.17, 15) is 0 Å². The molecule has 1 aromatic rings. The molecular formula is C11H16BrN3O. The summed E-state index contributed by atoms with van der Waals surface area (Å²) >= 11 is 3.45. The van der Waals surface area contributed by atoms with E-state index < -0.39 is 0 Å². The molecular weight excluding hydrogens is 270 g/mol. The molecule has 16 heavy (non-hydrogen) atoms. The Morgan fingerprint density at radius 3 is 3.12 bits per heavy atom. The normalized spacial score (nSPS) is 28.6. The zero-order valence-electron chi connectivity index (χ0n) is 9.19. The fourth-order valence-electron chi connectivity index (χ4n) is 1.88. The topological polar surface area (TPSA) is 60.2 Å². The molecule has 4 nitrogen and oxygen atoms in total. The lowest BCUT2D eigenvalue weighted by molar-refractivity contribution is -0.0127. The summed E-state index contributed by atoms with van der Waals surface area (Å²) in [5.74, 6) is 0.826. The van der Waals surface area contributed by atoms with Crippen LogP contribution in [0.25, 0.3) is 0 Å². The van der Waals surface area contributed by atoms with Gasteiger partial charge in [-0.05, 0) is 41.4 Å². The molecule has 0 spiro atoms. The summed E-state index contributed by atoms with van der Waals surface area (Å²) in [5, 5.41) is 3.32. The van der Waals surface area contributed by atoms with Crippen molar-refractivity contribution in [2.75, 3.05) is 11.9 Å². The zero-order chi connectivity index (χ0) is 11.5. The maximum absolute atomic E-state index is 5.96. The number of pyridine rings is 1. The van der Waals surface area contributed by atoms with E-state index in [0.717, 1.165) is 23.3 Å². The Morgan fingerprint density at radius 2 is 2.50 bits per heavy atom. The van der Waals surface area contributed by atoms with Gasteiger partial charge in [0, 0.05) is 18.8 Å². The van der Waals surface area contributed by atoms with Gasteiger partial charge in [-0.1, -0.05) is 0 Å². The molecule has 1 saturated carbocycles. The Bertz CT molecular complexity index is 359. The number of aromatic nitrogens is 1. The molecule has 3 N–H and O–H groups in total. The minimum atomic E-state index is 0.144. The highest BCUT2D eigenvalue weighted by molar-refractivity contribution is 9.10. The van der Waals surface area contributed by atoms with E-state index in [1.807, 2.05) is 19.1 Å². The lowest BCUT2D eigenvalue weighted by Gasteiger charge is -2.42. The average molecular weight is 286 g/mol. The molecule has 88 valence electrons. The second-order valence-corrected chi connectivity index (χ2v) is 4.75. The van der Waals surface area contributed by atoms with E-state index in [2.05, 4.69) is 26.2 Å². The quantitative estimate of drug-likeness (QED) is 0.885. The van der Waals surface area contributed by atoms with Crippen LogP contribution in [-0.4, -0.2) is 29.8 Å². The van der Waals surface area contributed by atoms with Crippen LogP contribution < -0.4 is 11.1 Å². The molecule has 0 amide bonds. The number of ether oxygens (including phenoxy) is 1. The fraction of sp³-hybridized carbons (Fsp3) is 0.545. The number of nitrogens with two attached hydrogens (primary N) is 1. The molecule has 3 unspecified atom stereocenters. The molecule has 1 aromatic heterocycles. The van der Waals surface area contributed by atoms with Crippen molar-refractivity contribution in [2.24, 2.45) is 5.73 Å². The number of hydrogen-bond acceptors (Lipinski definition) is 4. The molecule has 0 aromatic carbocycles. The number of nitrogens with one attached hydrogen (secondary N) is 1. The molecule has 1 heterocycles. The summed E-state index contributed by atoms with van der Waals surface area (Å²) in [6.45, 7) is 2.72. The highest BCUT2D eigenvalue weighted by Gasteiger charge is 2.39. The third-order valence-corrected chi connectivity index (χ3v) is 3.45. The van der Waals surface area contributed by atoms with E-state index >= 15 is 0 Å². The van der Waals surface area contributed by atoms with Gasteiger partial charge in [0.05, 0.1) is 16.6 Å². The first-order valence-electron chi connectivity index (χ1n) is 5.46. The number of halogens is 1. The summed E-state index contributed by atoms with van der Waals surface area (Å²) < 4.78 is 6.54. The van der Waals surface area contributed by atoms with Crippen molar-refractivity contribution in [3.63, 3.8) is 0 Å². The number of nitrogens with zero attached hydrogens (tertiary/aromatic N) is 1. The lowest BCUT2D eigenvalue weighted by atomic mass is 9.83. The zero-order valence-corrected chi connectivity index (χ0v) is 10.8. The van der Waals surface area contributed by atoms with Crippen molar-refractivity contribution < 1.29 is 4.74 Å². The van der Waals surface area contributed by atoms with E-state index in [1.165, 1.54) is 0 Å². The second kappa shape index (κ2) is 5.12. The summed E-state index contributed by atoms with van der Waals surface area (Å²) in [6, 6.07) is 4.14. The third-order valence-electron chi connectivity index (χ3n) is 2.81. The number of rotatable bonds is 4. The predicted octanol–water partition coefficient (Wildman–Crippen LogP) is 1.76. The Labute approximate surface area is 104 Å². The monoisotopic (exact) mass is 285 g/mol. The summed E-state index contributed by atoms with van der Waals surface area (Å²) in [7, 11) is 0. The molecule has 2 rings (SSSR count). The lowest BCUT2D eigenvalue weighted by Crippen LogP contribution is -2.60. The van der Waals surface area contributed by atoms with Crippen molar-refractivity contribution >= 4 is 21.7 Å². The highest BCUT2D eigenvalue weighted by Crippen LogP contribution is 2.28. The first-order chi connectivity index (χ1) is 7.72. The van der Waals surface area contributed by atoms with Gasteiger partial charge in [0.15, 0.2) is 0 Å². The summed E-state index contributed by atoms with van der Waals surface area (Å²) in [5.41, 5.74) is 5.96. The van der Waals surface area contributed by atoms with Crippen LogP contribution in [0.1, 0.15) is 13.3 Å². The molecule has 1 aliphatic rings. The Hall–Kier alpha value is -0.650. The van der Waals surface area contributed by atoms with Gasteiger partial charge in [-0.2, -0.15) is 0 Å². The van der Waals surface area contributed by atoms with Crippen LogP contribution in [-0.2, 0) is 4.74 Å². The molecule has 5 heteroatoms. The minimum absolute atomic E-state index is 0.144. The van der Waals surface area contributed by atoms with Crippen molar-refractivity contribution in [1.82, 2.24) is 4.98 Å². The van der Waals surface area contributed by atoms with Crippen LogP contribution in [0, 0.1) is 0 Å². The molecule has 0 bridgehead atoms. The molecule has 1 fully saturated rings. The van der Waals surface area contributed by atoms with Crippen LogP contribution in [0.5, 0.6) is 0 Å². The van der Waals surface area contributed by atoms with Crippen molar-refractivity contribution in [1.29, 1.82) is 0 Å². The van der Waals surface area contributed by atoms with Crippen LogP contribution in [0.4, 0.5) is 5.82 Å². The smallest absolute Gasteiger partial charge is 0.140 e. The fourth-order valence-corrected chi connectivity index (χ4v) is 2.25. The highest BCUT2D eigenvalue weighted by atomic mass is 79.9. The van der Waals surface area contributed by atoms with Crippen molar-refractivity contribution in [3.05, 3.63) is 22.8 Å². The van der Waals surface area contributed by atoms with E-state index in [4.69, 9.17) is 10.5 Å². The summed E-state index contributed by atoms with van der Waals surface area (Å²) in [4.78, 5) is 4.26. The Balaban J connectivity index is 2.01. The second-order valence-electron chi connectivity index (χ2n) is 3.90. The van der Waals surface area contributed by atoms with Crippen LogP contribution in [0.15, 0.2) is 22.8 Å². The maximum atomic E-state index is 5.96. The molecule has 3 atom stereocenters. The molecule has 0 saturated heterocycles. The molecule has 0 radical (unpaired) electrons. The van der Waals surface area contributed by atoms with Crippen LogP contribution in [0.2, 0.25) is 0 Å². The van der Waals surface area contributed by atoms with Crippen molar-refractivity contribution in [2.45, 2.75) is 31.5 Å².